The predicted molar refractivity (Wildman–Crippen MR) is 44.9 cm³/mol. The maximum atomic E-state index is 12.3. The van der Waals surface area contributed by atoms with Crippen molar-refractivity contribution < 1.29 is 13.2 Å². The van der Waals surface area contributed by atoms with Gasteiger partial charge in [0, 0.05) is 5.71 Å². The van der Waals surface area contributed by atoms with Gasteiger partial charge >= 0.3 is 6.18 Å². The van der Waals surface area contributed by atoms with Crippen molar-refractivity contribution in [1.29, 1.82) is 0 Å². The molecule has 2 nitrogen and oxygen atoms in total. The molecular formula is C7H8ClF3N2. The van der Waals surface area contributed by atoms with Crippen LogP contribution in [0.25, 0.3) is 0 Å². The van der Waals surface area contributed by atoms with Crippen molar-refractivity contribution in [2.24, 2.45) is 10.7 Å². The van der Waals surface area contributed by atoms with Gasteiger partial charge in [0.25, 0.3) is 0 Å². The Morgan fingerprint density at radius 3 is 2.54 bits per heavy atom. The molecule has 1 aliphatic heterocycles. The molecule has 2 N–H and O–H groups in total. The molecule has 1 rings (SSSR count). The molecule has 0 aromatic rings. The zero-order chi connectivity index (χ0) is 10.3. The highest BCUT2D eigenvalue weighted by atomic mass is 35.5. The first kappa shape index (κ1) is 10.5. The zero-order valence-corrected chi connectivity index (χ0v) is 7.58. The summed E-state index contributed by atoms with van der Waals surface area (Å²) in [5, 5.41) is 0. The number of nitrogens with two attached hydrogens (primary N) is 1. The van der Waals surface area contributed by atoms with Crippen LogP contribution >= 0.6 is 11.6 Å². The summed E-state index contributed by atoms with van der Waals surface area (Å²) >= 11 is 5.47. The average molecular weight is 213 g/mol. The van der Waals surface area contributed by atoms with E-state index in [9.17, 15) is 13.2 Å². The number of hydrogen-bond donors (Lipinski definition) is 1. The SMILES string of the molecule is CC1=NCC(N)(Cl)C(C(F)(F)F)=C1. The molecule has 0 aromatic carbocycles. The maximum Gasteiger partial charge on any atom is 0.415 e. The minimum atomic E-state index is -4.49. The van der Waals surface area contributed by atoms with Gasteiger partial charge in [-0.1, -0.05) is 11.6 Å². The fourth-order valence-electron chi connectivity index (χ4n) is 1.02. The van der Waals surface area contributed by atoms with Gasteiger partial charge < -0.3 is 5.73 Å². The second-order valence-electron chi connectivity index (χ2n) is 2.88. The van der Waals surface area contributed by atoms with E-state index in [1.54, 1.807) is 0 Å². The van der Waals surface area contributed by atoms with E-state index in [4.69, 9.17) is 17.3 Å². The molecule has 0 aliphatic carbocycles. The lowest BCUT2D eigenvalue weighted by Gasteiger charge is -2.28. The fraction of sp³-hybridized carbons (Fsp3) is 0.571. The molecule has 74 valence electrons. The van der Waals surface area contributed by atoms with Crippen LogP contribution in [-0.4, -0.2) is 23.4 Å². The van der Waals surface area contributed by atoms with Gasteiger partial charge in [-0.15, -0.1) is 0 Å². The van der Waals surface area contributed by atoms with Gasteiger partial charge in [-0.25, -0.2) is 0 Å². The van der Waals surface area contributed by atoms with E-state index in [1.807, 2.05) is 0 Å². The number of nitrogens with zero attached hydrogens (tertiary/aromatic N) is 1. The lowest BCUT2D eigenvalue weighted by molar-refractivity contribution is -0.0969. The number of hydrogen-bond acceptors (Lipinski definition) is 2. The molecule has 0 saturated heterocycles. The normalized spacial score (nSPS) is 29.7. The van der Waals surface area contributed by atoms with Crippen LogP contribution < -0.4 is 5.73 Å². The van der Waals surface area contributed by atoms with E-state index in [2.05, 4.69) is 4.99 Å². The number of aliphatic imine (C=N–C) groups is 1. The highest BCUT2D eigenvalue weighted by molar-refractivity contribution is 6.26. The van der Waals surface area contributed by atoms with Gasteiger partial charge in [0.05, 0.1) is 12.1 Å². The number of alkyl halides is 4. The van der Waals surface area contributed by atoms with Crippen LogP contribution in [0.5, 0.6) is 0 Å². The standard InChI is InChI=1S/C7H8ClF3N2/c1-4-2-5(7(9,10)11)6(8,12)3-13-4/h2H,3,12H2,1H3. The molecule has 0 spiro atoms. The van der Waals surface area contributed by atoms with Gasteiger partial charge in [-0.2, -0.15) is 13.2 Å². The summed E-state index contributed by atoms with van der Waals surface area (Å²) in [6.07, 6.45) is -3.62. The van der Waals surface area contributed by atoms with E-state index < -0.39 is 16.7 Å². The summed E-state index contributed by atoms with van der Waals surface area (Å²) < 4.78 is 37.0. The van der Waals surface area contributed by atoms with Gasteiger partial charge in [-0.05, 0) is 13.0 Å². The van der Waals surface area contributed by atoms with E-state index in [1.165, 1.54) is 6.92 Å². The molecule has 0 bridgehead atoms. The molecule has 1 heterocycles. The highest BCUT2D eigenvalue weighted by Crippen LogP contribution is 2.36. The predicted octanol–water partition coefficient (Wildman–Crippen LogP) is 1.84. The Labute approximate surface area is 78.3 Å². The monoisotopic (exact) mass is 212 g/mol. The Morgan fingerprint density at radius 2 is 2.15 bits per heavy atom. The molecule has 0 aromatic heterocycles. The van der Waals surface area contributed by atoms with E-state index >= 15 is 0 Å². The Kier molecular flexibility index (Phi) is 2.42. The zero-order valence-electron chi connectivity index (χ0n) is 6.82. The Bertz CT molecular complexity index is 278. The largest absolute Gasteiger partial charge is 0.415 e. The third-order valence-corrected chi connectivity index (χ3v) is 1.99. The van der Waals surface area contributed by atoms with Crippen LogP contribution in [0.3, 0.4) is 0 Å². The third-order valence-electron chi connectivity index (χ3n) is 1.66. The second-order valence-corrected chi connectivity index (χ2v) is 3.55. The summed E-state index contributed by atoms with van der Waals surface area (Å²) in [5.74, 6) is 0. The third kappa shape index (κ3) is 2.22. The smallest absolute Gasteiger partial charge is 0.307 e. The molecule has 1 unspecified atom stereocenters. The topological polar surface area (TPSA) is 38.4 Å². The molecular weight excluding hydrogens is 205 g/mol. The summed E-state index contributed by atoms with van der Waals surface area (Å²) in [4.78, 5) is 1.81. The molecule has 1 atom stereocenters. The summed E-state index contributed by atoms with van der Waals surface area (Å²) in [6.45, 7) is 1.23. The molecule has 0 fully saturated rings. The molecule has 0 radical (unpaired) electrons. The van der Waals surface area contributed by atoms with Crippen molar-refractivity contribution >= 4 is 17.3 Å². The van der Waals surface area contributed by atoms with Crippen molar-refractivity contribution in [2.45, 2.75) is 18.1 Å². The minimum absolute atomic E-state index is 0.244. The molecule has 0 amide bonds. The Balaban J connectivity index is 3.09. The first-order chi connectivity index (χ1) is 5.73. The van der Waals surface area contributed by atoms with E-state index in [0.29, 0.717) is 0 Å². The summed E-state index contributed by atoms with van der Waals surface area (Å²) in [6, 6.07) is 0. The maximum absolute atomic E-state index is 12.3. The fourth-order valence-corrected chi connectivity index (χ4v) is 1.24. The van der Waals surface area contributed by atoms with Gasteiger partial charge in [0.1, 0.15) is 5.00 Å². The van der Waals surface area contributed by atoms with Crippen molar-refractivity contribution in [1.82, 2.24) is 0 Å². The first-order valence-corrected chi connectivity index (χ1v) is 3.89. The Hall–Kier alpha value is -0.550. The van der Waals surface area contributed by atoms with Crippen molar-refractivity contribution in [3.05, 3.63) is 11.6 Å². The van der Waals surface area contributed by atoms with Crippen LogP contribution in [0, 0.1) is 0 Å². The molecule has 13 heavy (non-hydrogen) atoms. The van der Waals surface area contributed by atoms with E-state index in [0.717, 1.165) is 6.08 Å². The van der Waals surface area contributed by atoms with E-state index in [-0.39, 0.29) is 12.3 Å². The van der Waals surface area contributed by atoms with Crippen molar-refractivity contribution in [2.75, 3.05) is 6.54 Å². The van der Waals surface area contributed by atoms with Crippen LogP contribution in [0.1, 0.15) is 6.92 Å². The van der Waals surface area contributed by atoms with Crippen LogP contribution in [0.2, 0.25) is 0 Å². The highest BCUT2D eigenvalue weighted by Gasteiger charge is 2.46. The minimum Gasteiger partial charge on any atom is -0.307 e. The first-order valence-electron chi connectivity index (χ1n) is 3.52. The van der Waals surface area contributed by atoms with Crippen molar-refractivity contribution in [3.8, 4) is 0 Å². The molecule has 0 saturated carbocycles. The molecule has 6 heteroatoms. The Morgan fingerprint density at radius 1 is 1.62 bits per heavy atom. The van der Waals surface area contributed by atoms with Gasteiger partial charge in [-0.3, -0.25) is 4.99 Å². The quantitative estimate of drug-likeness (QED) is 0.483. The van der Waals surface area contributed by atoms with Crippen LogP contribution in [-0.2, 0) is 0 Å². The lowest BCUT2D eigenvalue weighted by atomic mass is 10.0. The number of allylic oxidation sites excluding steroid dienone is 1. The molecule has 1 aliphatic rings. The van der Waals surface area contributed by atoms with Gasteiger partial charge in [0.15, 0.2) is 0 Å². The second kappa shape index (κ2) is 2.99. The number of rotatable bonds is 0. The number of dihydropyridines is 1. The average Bonchev–Trinajstić information content (AvgIpc) is 1.92. The van der Waals surface area contributed by atoms with Gasteiger partial charge in [0.2, 0.25) is 0 Å². The van der Waals surface area contributed by atoms with Crippen LogP contribution in [0.15, 0.2) is 16.6 Å². The summed E-state index contributed by atoms with van der Waals surface area (Å²) in [7, 11) is 0. The van der Waals surface area contributed by atoms with Crippen LogP contribution in [0.4, 0.5) is 13.2 Å². The number of halogens is 4. The summed E-state index contributed by atoms with van der Waals surface area (Å²) in [5.41, 5.74) is 4.59. The van der Waals surface area contributed by atoms with Crippen molar-refractivity contribution in [3.63, 3.8) is 0 Å². The lowest BCUT2D eigenvalue weighted by Crippen LogP contribution is -2.46.